The third kappa shape index (κ3) is 7.87. The predicted octanol–water partition coefficient (Wildman–Crippen LogP) is 3.60. The number of carboxylic acid groups (broad SMARTS) is 1. The van der Waals surface area contributed by atoms with Crippen molar-refractivity contribution < 1.29 is 24.2 Å². The molecule has 0 spiro atoms. The minimum Gasteiger partial charge on any atom is -0.480 e. The number of ketones is 1. The molecule has 2 rings (SSSR count). The van der Waals surface area contributed by atoms with Gasteiger partial charge in [-0.15, -0.1) is 0 Å². The second-order valence-electron chi connectivity index (χ2n) is 7.57. The Bertz CT molecular complexity index is 818. The van der Waals surface area contributed by atoms with Crippen LogP contribution in [0.2, 0.25) is 0 Å². The number of hydrogen-bond donors (Lipinski definition) is 2. The molecule has 0 aliphatic carbocycles. The molecule has 0 fully saturated rings. The van der Waals surface area contributed by atoms with Gasteiger partial charge in [0.15, 0.2) is 5.78 Å². The van der Waals surface area contributed by atoms with Gasteiger partial charge in [0.25, 0.3) is 0 Å². The summed E-state index contributed by atoms with van der Waals surface area (Å²) >= 11 is 0. The molecule has 0 aliphatic rings. The fraction of sp³-hybridized carbons (Fsp3) is 0.348. The Labute approximate surface area is 170 Å². The number of aliphatic carboxylic acids is 1. The van der Waals surface area contributed by atoms with Crippen LogP contribution in [0.3, 0.4) is 0 Å². The summed E-state index contributed by atoms with van der Waals surface area (Å²) in [5.74, 6) is -1.59. The molecule has 2 N–H and O–H groups in total. The van der Waals surface area contributed by atoms with Gasteiger partial charge in [-0.1, -0.05) is 60.7 Å². The number of benzene rings is 2. The SMILES string of the molecule is CC(C)(CC(=O)OCc1ccccc1)NC(CCC(=O)c1ccccc1)C(=O)O. The van der Waals surface area contributed by atoms with Crippen molar-refractivity contribution in [2.24, 2.45) is 0 Å². The van der Waals surface area contributed by atoms with Gasteiger partial charge in [-0.2, -0.15) is 0 Å². The van der Waals surface area contributed by atoms with Crippen LogP contribution in [-0.2, 0) is 20.9 Å². The van der Waals surface area contributed by atoms with E-state index in [-0.39, 0.29) is 31.7 Å². The third-order valence-electron chi connectivity index (χ3n) is 4.45. The highest BCUT2D eigenvalue weighted by molar-refractivity contribution is 5.96. The third-order valence-corrected chi connectivity index (χ3v) is 4.45. The number of rotatable bonds is 11. The summed E-state index contributed by atoms with van der Waals surface area (Å²) in [4.78, 5) is 36.0. The van der Waals surface area contributed by atoms with Gasteiger partial charge in [-0.3, -0.25) is 19.7 Å². The molecule has 0 aliphatic heterocycles. The smallest absolute Gasteiger partial charge is 0.320 e. The molecule has 0 saturated carbocycles. The monoisotopic (exact) mass is 397 g/mol. The molecule has 1 unspecified atom stereocenters. The van der Waals surface area contributed by atoms with Gasteiger partial charge < -0.3 is 9.84 Å². The number of carbonyl (C=O) groups is 3. The van der Waals surface area contributed by atoms with Crippen molar-refractivity contribution in [2.45, 2.75) is 51.3 Å². The molecule has 154 valence electrons. The fourth-order valence-electron chi connectivity index (χ4n) is 2.97. The number of hydrogen-bond acceptors (Lipinski definition) is 5. The average Bonchev–Trinajstić information content (AvgIpc) is 2.70. The van der Waals surface area contributed by atoms with E-state index >= 15 is 0 Å². The molecule has 29 heavy (non-hydrogen) atoms. The molecule has 0 aromatic heterocycles. The van der Waals surface area contributed by atoms with Crippen molar-refractivity contribution in [3.05, 3.63) is 71.8 Å². The maximum atomic E-state index is 12.2. The van der Waals surface area contributed by atoms with Gasteiger partial charge in [0, 0.05) is 17.5 Å². The Kier molecular flexibility index (Phi) is 8.09. The molecule has 0 amide bonds. The van der Waals surface area contributed by atoms with Gasteiger partial charge in [-0.25, -0.2) is 0 Å². The van der Waals surface area contributed by atoms with Crippen LogP contribution in [0, 0.1) is 0 Å². The van der Waals surface area contributed by atoms with Crippen LogP contribution in [0.4, 0.5) is 0 Å². The zero-order valence-corrected chi connectivity index (χ0v) is 16.8. The number of ether oxygens (including phenoxy) is 1. The first kappa shape index (κ1) is 22.3. The van der Waals surface area contributed by atoms with Gasteiger partial charge in [0.05, 0.1) is 6.42 Å². The van der Waals surface area contributed by atoms with Crippen molar-refractivity contribution in [3.8, 4) is 0 Å². The highest BCUT2D eigenvalue weighted by Gasteiger charge is 2.29. The Morgan fingerprint density at radius 3 is 2.17 bits per heavy atom. The Balaban J connectivity index is 1.86. The minimum absolute atomic E-state index is 0.0102. The molecule has 1 atom stereocenters. The minimum atomic E-state index is -1.06. The van der Waals surface area contributed by atoms with Crippen LogP contribution < -0.4 is 5.32 Å². The number of carbonyl (C=O) groups excluding carboxylic acids is 2. The first-order valence-corrected chi connectivity index (χ1v) is 9.55. The van der Waals surface area contributed by atoms with E-state index in [1.54, 1.807) is 38.1 Å². The summed E-state index contributed by atoms with van der Waals surface area (Å²) in [6.07, 6.45) is 0.240. The average molecular weight is 397 g/mol. The zero-order valence-electron chi connectivity index (χ0n) is 16.8. The summed E-state index contributed by atoms with van der Waals surface area (Å²) < 4.78 is 5.28. The van der Waals surface area contributed by atoms with Crippen LogP contribution in [0.15, 0.2) is 60.7 Å². The van der Waals surface area contributed by atoms with Crippen molar-refractivity contribution in [2.75, 3.05) is 0 Å². The van der Waals surface area contributed by atoms with Crippen LogP contribution in [0.5, 0.6) is 0 Å². The van der Waals surface area contributed by atoms with E-state index in [2.05, 4.69) is 5.32 Å². The quantitative estimate of drug-likeness (QED) is 0.445. The number of esters is 1. The molecule has 2 aromatic carbocycles. The topological polar surface area (TPSA) is 92.7 Å². The fourth-order valence-corrected chi connectivity index (χ4v) is 2.97. The lowest BCUT2D eigenvalue weighted by Gasteiger charge is -2.29. The summed E-state index contributed by atoms with van der Waals surface area (Å²) in [7, 11) is 0. The molecule has 0 bridgehead atoms. The Hall–Kier alpha value is -2.99. The zero-order chi connectivity index (χ0) is 21.3. The second kappa shape index (κ2) is 10.5. The van der Waals surface area contributed by atoms with E-state index in [1.807, 2.05) is 36.4 Å². The van der Waals surface area contributed by atoms with E-state index < -0.39 is 23.5 Å². The lowest BCUT2D eigenvalue weighted by molar-refractivity contribution is -0.147. The van der Waals surface area contributed by atoms with E-state index in [9.17, 15) is 19.5 Å². The van der Waals surface area contributed by atoms with E-state index in [1.165, 1.54) is 0 Å². The molecule has 6 nitrogen and oxygen atoms in total. The van der Waals surface area contributed by atoms with Crippen LogP contribution in [0.25, 0.3) is 0 Å². The maximum Gasteiger partial charge on any atom is 0.320 e. The Morgan fingerprint density at radius 1 is 1.00 bits per heavy atom. The van der Waals surface area contributed by atoms with Crippen molar-refractivity contribution in [3.63, 3.8) is 0 Å². The molecule has 6 heteroatoms. The van der Waals surface area contributed by atoms with Crippen LogP contribution >= 0.6 is 0 Å². The number of nitrogens with one attached hydrogen (secondary N) is 1. The second-order valence-corrected chi connectivity index (χ2v) is 7.57. The highest BCUT2D eigenvalue weighted by Crippen LogP contribution is 2.15. The van der Waals surface area contributed by atoms with Crippen molar-refractivity contribution >= 4 is 17.7 Å². The molecule has 0 saturated heterocycles. The number of carboxylic acids is 1. The first-order valence-electron chi connectivity index (χ1n) is 9.55. The van der Waals surface area contributed by atoms with E-state index in [4.69, 9.17) is 4.74 Å². The van der Waals surface area contributed by atoms with Crippen LogP contribution in [0.1, 0.15) is 49.0 Å². The normalized spacial score (nSPS) is 12.2. The summed E-state index contributed by atoms with van der Waals surface area (Å²) in [5, 5.41) is 12.5. The van der Waals surface area contributed by atoms with Crippen molar-refractivity contribution in [1.29, 1.82) is 0 Å². The van der Waals surface area contributed by atoms with Gasteiger partial charge in [-0.05, 0) is 25.8 Å². The molecular weight excluding hydrogens is 370 g/mol. The first-order chi connectivity index (χ1) is 13.8. The summed E-state index contributed by atoms with van der Waals surface area (Å²) in [6, 6.07) is 17.2. The van der Waals surface area contributed by atoms with Crippen molar-refractivity contribution in [1.82, 2.24) is 5.32 Å². The van der Waals surface area contributed by atoms with E-state index in [0.29, 0.717) is 5.56 Å². The highest BCUT2D eigenvalue weighted by atomic mass is 16.5. The molecular formula is C23H27NO5. The predicted molar refractivity (Wildman–Crippen MR) is 110 cm³/mol. The Morgan fingerprint density at radius 2 is 1.59 bits per heavy atom. The summed E-state index contributed by atoms with van der Waals surface area (Å²) in [6.45, 7) is 3.65. The standard InChI is InChI=1S/C23H27NO5/c1-23(2,15-21(26)29-16-17-9-5-3-6-10-17)24-19(22(27)28)13-14-20(25)18-11-7-4-8-12-18/h3-12,19,24H,13-16H2,1-2H3,(H,27,28). The maximum absolute atomic E-state index is 12.2. The lowest BCUT2D eigenvalue weighted by Crippen LogP contribution is -2.50. The molecule has 2 aromatic rings. The van der Waals surface area contributed by atoms with E-state index in [0.717, 1.165) is 5.56 Å². The van der Waals surface area contributed by atoms with Crippen LogP contribution in [-0.4, -0.2) is 34.4 Å². The molecule has 0 radical (unpaired) electrons. The van der Waals surface area contributed by atoms with Gasteiger partial charge >= 0.3 is 11.9 Å². The lowest BCUT2D eigenvalue weighted by atomic mass is 9.96. The summed E-state index contributed by atoms with van der Waals surface area (Å²) in [5.41, 5.74) is 0.641. The number of Topliss-reactive ketones (excluding diaryl/α,β-unsaturated/α-hetero) is 1. The largest absolute Gasteiger partial charge is 0.480 e. The molecule has 0 heterocycles. The van der Waals surface area contributed by atoms with Gasteiger partial charge in [0.2, 0.25) is 0 Å². The van der Waals surface area contributed by atoms with Gasteiger partial charge in [0.1, 0.15) is 12.6 Å².